The molecule has 2 aliphatic rings. The predicted octanol–water partition coefficient (Wildman–Crippen LogP) is 2.71. The van der Waals surface area contributed by atoms with Gasteiger partial charge in [-0.1, -0.05) is 19.3 Å². The lowest BCUT2D eigenvalue weighted by molar-refractivity contribution is -0.139. The van der Waals surface area contributed by atoms with Crippen LogP contribution in [0.25, 0.3) is 0 Å². The standard InChI is InChI=1S/C16H22N2O4/c19-14(20)8-11-6-7-12(11)17-15(21)13-9-22-16(18-13)10-4-2-1-3-5-10/h9-12H,1-8H2,(H,17,21)(H,19,20)/t11-,12-/m0/s1. The molecule has 0 radical (unpaired) electrons. The third kappa shape index (κ3) is 3.31. The zero-order chi connectivity index (χ0) is 15.5. The van der Waals surface area contributed by atoms with Crippen LogP contribution in [0.2, 0.25) is 0 Å². The number of hydrogen-bond donors (Lipinski definition) is 2. The van der Waals surface area contributed by atoms with Gasteiger partial charge in [0.2, 0.25) is 0 Å². The second-order valence-electron chi connectivity index (χ2n) is 6.42. The van der Waals surface area contributed by atoms with E-state index >= 15 is 0 Å². The van der Waals surface area contributed by atoms with Crippen molar-refractivity contribution in [2.75, 3.05) is 0 Å². The Kier molecular flexibility index (Phi) is 4.45. The summed E-state index contributed by atoms with van der Waals surface area (Å²) in [6.07, 6.45) is 9.00. The Morgan fingerprint density at radius 1 is 1.23 bits per heavy atom. The van der Waals surface area contributed by atoms with Crippen LogP contribution in [0, 0.1) is 5.92 Å². The predicted molar refractivity (Wildman–Crippen MR) is 78.6 cm³/mol. The molecule has 0 aliphatic heterocycles. The molecular weight excluding hydrogens is 284 g/mol. The largest absolute Gasteiger partial charge is 0.481 e. The quantitative estimate of drug-likeness (QED) is 0.872. The molecule has 0 bridgehead atoms. The van der Waals surface area contributed by atoms with Crippen molar-refractivity contribution in [1.29, 1.82) is 0 Å². The van der Waals surface area contributed by atoms with Crippen LogP contribution >= 0.6 is 0 Å². The molecule has 1 amide bonds. The maximum atomic E-state index is 12.2. The number of rotatable bonds is 5. The SMILES string of the molecule is O=C(O)C[C@@H]1CC[C@@H]1NC(=O)c1coc(C2CCCCC2)n1. The summed E-state index contributed by atoms with van der Waals surface area (Å²) in [6, 6.07) is -0.0570. The fourth-order valence-corrected chi connectivity index (χ4v) is 3.40. The third-order valence-electron chi connectivity index (χ3n) is 4.88. The molecule has 0 saturated heterocycles. The van der Waals surface area contributed by atoms with Crippen molar-refractivity contribution in [3.63, 3.8) is 0 Å². The van der Waals surface area contributed by atoms with Gasteiger partial charge in [0, 0.05) is 12.0 Å². The van der Waals surface area contributed by atoms with Crippen LogP contribution < -0.4 is 5.32 Å². The van der Waals surface area contributed by atoms with Crippen molar-refractivity contribution in [3.05, 3.63) is 17.8 Å². The summed E-state index contributed by atoms with van der Waals surface area (Å²) < 4.78 is 5.48. The van der Waals surface area contributed by atoms with Crippen LogP contribution in [0.4, 0.5) is 0 Å². The number of carboxylic acids is 1. The van der Waals surface area contributed by atoms with E-state index in [4.69, 9.17) is 9.52 Å². The number of carbonyl (C=O) groups excluding carboxylic acids is 1. The molecule has 2 aliphatic carbocycles. The average Bonchev–Trinajstić information content (AvgIpc) is 3.00. The van der Waals surface area contributed by atoms with Gasteiger partial charge in [0.1, 0.15) is 6.26 Å². The van der Waals surface area contributed by atoms with Crippen LogP contribution in [0.5, 0.6) is 0 Å². The fraction of sp³-hybridized carbons (Fsp3) is 0.688. The molecule has 1 aromatic rings. The molecule has 0 spiro atoms. The number of aromatic nitrogens is 1. The zero-order valence-corrected chi connectivity index (χ0v) is 12.6. The maximum absolute atomic E-state index is 12.2. The zero-order valence-electron chi connectivity index (χ0n) is 12.6. The number of oxazole rings is 1. The Bertz CT molecular complexity index is 548. The van der Waals surface area contributed by atoms with E-state index in [0.29, 0.717) is 17.5 Å². The molecule has 22 heavy (non-hydrogen) atoms. The Morgan fingerprint density at radius 2 is 2.00 bits per heavy atom. The number of nitrogens with one attached hydrogen (secondary N) is 1. The topological polar surface area (TPSA) is 92.4 Å². The van der Waals surface area contributed by atoms with Crippen molar-refractivity contribution < 1.29 is 19.1 Å². The van der Waals surface area contributed by atoms with E-state index in [2.05, 4.69) is 10.3 Å². The van der Waals surface area contributed by atoms with E-state index in [0.717, 1.165) is 25.7 Å². The molecule has 2 atom stereocenters. The summed E-state index contributed by atoms with van der Waals surface area (Å²) >= 11 is 0. The van der Waals surface area contributed by atoms with Crippen molar-refractivity contribution in [3.8, 4) is 0 Å². The second-order valence-corrected chi connectivity index (χ2v) is 6.42. The lowest BCUT2D eigenvalue weighted by Crippen LogP contribution is -2.47. The van der Waals surface area contributed by atoms with E-state index in [9.17, 15) is 9.59 Å². The molecule has 120 valence electrons. The highest BCUT2D eigenvalue weighted by Crippen LogP contribution is 2.33. The van der Waals surface area contributed by atoms with E-state index < -0.39 is 5.97 Å². The number of hydrogen-bond acceptors (Lipinski definition) is 4. The molecule has 2 fully saturated rings. The molecular formula is C16H22N2O4. The van der Waals surface area contributed by atoms with Gasteiger partial charge in [-0.3, -0.25) is 9.59 Å². The third-order valence-corrected chi connectivity index (χ3v) is 4.88. The van der Waals surface area contributed by atoms with E-state index in [-0.39, 0.29) is 24.3 Å². The Labute approximate surface area is 129 Å². The minimum atomic E-state index is -0.815. The van der Waals surface area contributed by atoms with Gasteiger partial charge >= 0.3 is 5.97 Å². The first kappa shape index (κ1) is 15.1. The van der Waals surface area contributed by atoms with E-state index in [1.54, 1.807) is 0 Å². The summed E-state index contributed by atoms with van der Waals surface area (Å²) in [4.78, 5) is 27.3. The summed E-state index contributed by atoms with van der Waals surface area (Å²) in [7, 11) is 0. The van der Waals surface area contributed by atoms with Crippen LogP contribution in [0.15, 0.2) is 10.7 Å². The molecule has 2 saturated carbocycles. The Morgan fingerprint density at radius 3 is 2.64 bits per heavy atom. The van der Waals surface area contributed by atoms with Gasteiger partial charge in [-0.2, -0.15) is 0 Å². The number of carboxylic acid groups (broad SMARTS) is 1. The summed E-state index contributed by atoms with van der Waals surface area (Å²) in [6.45, 7) is 0. The second kappa shape index (κ2) is 6.50. The highest BCUT2D eigenvalue weighted by molar-refractivity contribution is 5.92. The number of carbonyl (C=O) groups is 2. The summed E-state index contributed by atoms with van der Waals surface area (Å²) in [5, 5.41) is 11.7. The van der Waals surface area contributed by atoms with Gasteiger partial charge < -0.3 is 14.8 Å². The minimum absolute atomic E-state index is 0.0335. The highest BCUT2D eigenvalue weighted by atomic mass is 16.4. The molecule has 0 aromatic carbocycles. The van der Waals surface area contributed by atoms with E-state index in [1.165, 1.54) is 25.5 Å². The lowest BCUT2D eigenvalue weighted by Gasteiger charge is -2.35. The summed E-state index contributed by atoms with van der Waals surface area (Å²) in [5.74, 6) is -0.0404. The Balaban J connectivity index is 1.56. The first-order chi connectivity index (χ1) is 10.6. The monoisotopic (exact) mass is 306 g/mol. The van der Waals surface area contributed by atoms with Crippen molar-refractivity contribution >= 4 is 11.9 Å². The van der Waals surface area contributed by atoms with Crippen LogP contribution in [-0.2, 0) is 4.79 Å². The van der Waals surface area contributed by atoms with Gasteiger partial charge in [-0.05, 0) is 31.6 Å². The number of aliphatic carboxylic acids is 1. The highest BCUT2D eigenvalue weighted by Gasteiger charge is 2.34. The number of amides is 1. The van der Waals surface area contributed by atoms with Crippen LogP contribution in [0.3, 0.4) is 0 Å². The molecule has 2 N–H and O–H groups in total. The molecule has 3 rings (SSSR count). The average molecular weight is 306 g/mol. The smallest absolute Gasteiger partial charge is 0.303 e. The molecule has 0 unspecified atom stereocenters. The van der Waals surface area contributed by atoms with Crippen molar-refractivity contribution in [1.82, 2.24) is 10.3 Å². The first-order valence-electron chi connectivity index (χ1n) is 8.11. The lowest BCUT2D eigenvalue weighted by atomic mass is 9.77. The Hall–Kier alpha value is -1.85. The van der Waals surface area contributed by atoms with Gasteiger partial charge in [-0.15, -0.1) is 0 Å². The molecule has 6 nitrogen and oxygen atoms in total. The molecule has 1 aromatic heterocycles. The van der Waals surface area contributed by atoms with E-state index in [1.807, 2.05) is 0 Å². The normalized spacial score (nSPS) is 25.5. The van der Waals surface area contributed by atoms with Crippen molar-refractivity contribution in [2.45, 2.75) is 63.3 Å². The minimum Gasteiger partial charge on any atom is -0.481 e. The van der Waals surface area contributed by atoms with Crippen LogP contribution in [0.1, 0.15) is 73.7 Å². The summed E-state index contributed by atoms with van der Waals surface area (Å²) in [5.41, 5.74) is 0.307. The first-order valence-corrected chi connectivity index (χ1v) is 8.11. The molecule has 6 heteroatoms. The molecule has 1 heterocycles. The maximum Gasteiger partial charge on any atom is 0.303 e. The van der Waals surface area contributed by atoms with Gasteiger partial charge in [0.15, 0.2) is 11.6 Å². The van der Waals surface area contributed by atoms with Crippen LogP contribution in [-0.4, -0.2) is 28.0 Å². The van der Waals surface area contributed by atoms with Gasteiger partial charge in [0.05, 0.1) is 6.42 Å². The van der Waals surface area contributed by atoms with Gasteiger partial charge in [0.25, 0.3) is 5.91 Å². The fourth-order valence-electron chi connectivity index (χ4n) is 3.40. The van der Waals surface area contributed by atoms with Crippen molar-refractivity contribution in [2.24, 2.45) is 5.92 Å². The number of nitrogens with zero attached hydrogens (tertiary/aromatic N) is 1. The van der Waals surface area contributed by atoms with Gasteiger partial charge in [-0.25, -0.2) is 4.98 Å².